The predicted octanol–water partition coefficient (Wildman–Crippen LogP) is 5.12. The van der Waals surface area contributed by atoms with Gasteiger partial charge >= 0.3 is 0 Å². The van der Waals surface area contributed by atoms with E-state index in [4.69, 9.17) is 0 Å². The minimum atomic E-state index is 1.16. The summed E-state index contributed by atoms with van der Waals surface area (Å²) in [4.78, 5) is 0. The van der Waals surface area contributed by atoms with Crippen molar-refractivity contribution in [3.63, 3.8) is 0 Å². The summed E-state index contributed by atoms with van der Waals surface area (Å²) in [5.41, 5.74) is 4.40. The molecule has 0 aliphatic heterocycles. The van der Waals surface area contributed by atoms with Crippen LogP contribution in [0.3, 0.4) is 0 Å². The largest absolute Gasteiger partial charge is 0.0733 e. The molecule has 0 spiro atoms. The third kappa shape index (κ3) is 7.83. The molecule has 0 aromatic carbocycles. The topological polar surface area (TPSA) is 0 Å². The molecule has 0 aromatic rings. The number of hydrogen-bond donors (Lipinski definition) is 0. The van der Waals surface area contributed by atoms with Crippen molar-refractivity contribution >= 4 is 0 Å². The van der Waals surface area contributed by atoms with Gasteiger partial charge in [0.25, 0.3) is 0 Å². The molecule has 78 valence electrons. The van der Waals surface area contributed by atoms with Crippen molar-refractivity contribution < 1.29 is 0 Å². The zero-order chi connectivity index (χ0) is 10.9. The minimum absolute atomic E-state index is 1.16. The van der Waals surface area contributed by atoms with E-state index in [1.54, 1.807) is 0 Å². The molecule has 0 heteroatoms. The van der Waals surface area contributed by atoms with E-state index in [9.17, 15) is 0 Å². The second-order valence-corrected chi connectivity index (χ2v) is 3.16. The first-order valence-corrected chi connectivity index (χ1v) is 5.45. The molecule has 0 aromatic heterocycles. The Balaban J connectivity index is 0. The van der Waals surface area contributed by atoms with Crippen LogP contribution >= 0.6 is 0 Å². The molecule has 0 bridgehead atoms. The second kappa shape index (κ2) is 9.57. The fraction of sp³-hybridized carbons (Fsp3) is 0.692. The summed E-state index contributed by atoms with van der Waals surface area (Å²) in [6, 6.07) is 0. The standard InChI is InChI=1S/C11H20.C2H6/c1-6-9(3)8-11(5)10(4)7-2;1-2/h8H,6-7H2,1-5H3;1-2H3/b9-8-,11-10-;. The SMILES string of the molecule is CC.CC/C(C)=C\C(C)=C(\C)CC. The van der Waals surface area contributed by atoms with Gasteiger partial charge in [0.1, 0.15) is 0 Å². The van der Waals surface area contributed by atoms with E-state index >= 15 is 0 Å². The van der Waals surface area contributed by atoms with E-state index in [1.165, 1.54) is 23.1 Å². The number of rotatable bonds is 3. The highest BCUT2D eigenvalue weighted by atomic mass is 14.0. The van der Waals surface area contributed by atoms with E-state index in [0.29, 0.717) is 0 Å². The summed E-state index contributed by atoms with van der Waals surface area (Å²) in [5.74, 6) is 0. The lowest BCUT2D eigenvalue weighted by molar-refractivity contribution is 1.05. The van der Waals surface area contributed by atoms with Crippen molar-refractivity contribution in [2.24, 2.45) is 0 Å². The fourth-order valence-electron chi connectivity index (χ4n) is 0.874. The lowest BCUT2D eigenvalue weighted by Gasteiger charge is -2.01. The molecule has 0 saturated carbocycles. The third-order valence-corrected chi connectivity index (χ3v) is 2.22. The Morgan fingerprint density at radius 2 is 1.38 bits per heavy atom. The molecule has 0 N–H and O–H groups in total. The van der Waals surface area contributed by atoms with Gasteiger partial charge in [0.05, 0.1) is 0 Å². The maximum Gasteiger partial charge on any atom is -0.0346 e. The quantitative estimate of drug-likeness (QED) is 0.532. The van der Waals surface area contributed by atoms with E-state index in [-0.39, 0.29) is 0 Å². The second-order valence-electron chi connectivity index (χ2n) is 3.16. The van der Waals surface area contributed by atoms with Crippen LogP contribution in [0, 0.1) is 0 Å². The molecule has 0 aliphatic rings. The van der Waals surface area contributed by atoms with Crippen molar-refractivity contribution in [2.75, 3.05) is 0 Å². The van der Waals surface area contributed by atoms with Gasteiger partial charge in [0.15, 0.2) is 0 Å². The normalized spacial score (nSPS) is 13.0. The highest BCUT2D eigenvalue weighted by Crippen LogP contribution is 2.11. The van der Waals surface area contributed by atoms with Gasteiger partial charge < -0.3 is 0 Å². The Labute approximate surface area is 84.7 Å². The first-order chi connectivity index (χ1) is 6.11. The molecular formula is C13H26. The van der Waals surface area contributed by atoms with Gasteiger partial charge in [0, 0.05) is 0 Å². The van der Waals surface area contributed by atoms with Gasteiger partial charge in [-0.2, -0.15) is 0 Å². The molecule has 0 nitrogen and oxygen atoms in total. The first kappa shape index (κ1) is 15.0. The molecule has 13 heavy (non-hydrogen) atoms. The fourth-order valence-corrected chi connectivity index (χ4v) is 0.874. The summed E-state index contributed by atoms with van der Waals surface area (Å²) in [6.45, 7) is 15.0. The van der Waals surface area contributed by atoms with Gasteiger partial charge in [-0.3, -0.25) is 0 Å². The first-order valence-electron chi connectivity index (χ1n) is 5.45. The van der Waals surface area contributed by atoms with Crippen molar-refractivity contribution in [1.29, 1.82) is 0 Å². The average molecular weight is 182 g/mol. The van der Waals surface area contributed by atoms with Crippen molar-refractivity contribution in [1.82, 2.24) is 0 Å². The molecule has 0 saturated heterocycles. The molecule has 0 radical (unpaired) electrons. The van der Waals surface area contributed by atoms with E-state index in [0.717, 1.165) is 6.42 Å². The molecule has 0 aliphatic carbocycles. The highest BCUT2D eigenvalue weighted by Gasteiger charge is 1.91. The van der Waals surface area contributed by atoms with Crippen LogP contribution in [-0.2, 0) is 0 Å². The maximum atomic E-state index is 2.29. The van der Waals surface area contributed by atoms with E-state index in [1.807, 2.05) is 13.8 Å². The zero-order valence-corrected chi connectivity index (χ0v) is 10.5. The monoisotopic (exact) mass is 182 g/mol. The minimum Gasteiger partial charge on any atom is -0.0733 e. The molecule has 0 unspecified atom stereocenters. The van der Waals surface area contributed by atoms with Gasteiger partial charge in [-0.25, -0.2) is 0 Å². The summed E-state index contributed by atoms with van der Waals surface area (Å²) < 4.78 is 0. The van der Waals surface area contributed by atoms with Crippen LogP contribution in [0.4, 0.5) is 0 Å². The van der Waals surface area contributed by atoms with Crippen LogP contribution in [0.25, 0.3) is 0 Å². The lowest BCUT2D eigenvalue weighted by Crippen LogP contribution is -1.80. The van der Waals surface area contributed by atoms with Crippen LogP contribution in [0.2, 0.25) is 0 Å². The van der Waals surface area contributed by atoms with Crippen molar-refractivity contribution in [3.8, 4) is 0 Å². The smallest absolute Gasteiger partial charge is 0.0346 e. The van der Waals surface area contributed by atoms with Crippen LogP contribution < -0.4 is 0 Å². The van der Waals surface area contributed by atoms with E-state index in [2.05, 4.69) is 40.7 Å². The van der Waals surface area contributed by atoms with E-state index < -0.39 is 0 Å². The Hall–Kier alpha value is -0.520. The average Bonchev–Trinajstić information content (AvgIpc) is 2.19. The summed E-state index contributed by atoms with van der Waals surface area (Å²) in [7, 11) is 0. The summed E-state index contributed by atoms with van der Waals surface area (Å²) >= 11 is 0. The molecule has 0 fully saturated rings. The van der Waals surface area contributed by atoms with Crippen LogP contribution in [0.15, 0.2) is 22.8 Å². The Morgan fingerprint density at radius 1 is 0.923 bits per heavy atom. The zero-order valence-electron chi connectivity index (χ0n) is 10.5. The molecule has 0 amide bonds. The van der Waals surface area contributed by atoms with Crippen molar-refractivity contribution in [3.05, 3.63) is 22.8 Å². The lowest BCUT2D eigenvalue weighted by atomic mass is 10.1. The number of hydrogen-bond acceptors (Lipinski definition) is 0. The summed E-state index contributed by atoms with van der Waals surface area (Å²) in [6.07, 6.45) is 4.62. The predicted molar refractivity (Wildman–Crippen MR) is 64.1 cm³/mol. The maximum absolute atomic E-state index is 2.29. The number of allylic oxidation sites excluding steroid dienone is 4. The molecular weight excluding hydrogens is 156 g/mol. The molecule has 0 heterocycles. The highest BCUT2D eigenvalue weighted by molar-refractivity contribution is 5.25. The van der Waals surface area contributed by atoms with Gasteiger partial charge in [-0.1, -0.05) is 50.5 Å². The molecule has 0 rings (SSSR count). The Kier molecular flexibility index (Phi) is 11.0. The van der Waals surface area contributed by atoms with Crippen molar-refractivity contribution in [2.45, 2.75) is 61.3 Å². The van der Waals surface area contributed by atoms with Crippen LogP contribution in [0.1, 0.15) is 61.3 Å². The Bertz CT molecular complexity index is 170. The van der Waals surface area contributed by atoms with Gasteiger partial charge in [-0.15, -0.1) is 0 Å². The van der Waals surface area contributed by atoms with Crippen LogP contribution in [-0.4, -0.2) is 0 Å². The third-order valence-electron chi connectivity index (χ3n) is 2.22. The van der Waals surface area contributed by atoms with Crippen LogP contribution in [0.5, 0.6) is 0 Å². The summed E-state index contributed by atoms with van der Waals surface area (Å²) in [5, 5.41) is 0. The Morgan fingerprint density at radius 3 is 1.69 bits per heavy atom. The molecule has 0 atom stereocenters. The van der Waals surface area contributed by atoms with Gasteiger partial charge in [-0.05, 0) is 33.6 Å². The van der Waals surface area contributed by atoms with Gasteiger partial charge in [0.2, 0.25) is 0 Å².